The molecule has 2 aromatic heterocycles. The summed E-state index contributed by atoms with van der Waals surface area (Å²) in [6, 6.07) is 13.6. The van der Waals surface area contributed by atoms with E-state index in [1.807, 2.05) is 25.1 Å². The standard InChI is InChI=1S/C20H19N5O2/c1-3-13-4-6-14(7-5-13)23-19-21-11-12(2)18(25-19)22-15-8-9-17-16(10-15)24-20(26)27-17/h4-11H,3H2,1-2H3,(H,24,26)(H2,21,22,23,25). The monoisotopic (exact) mass is 361 g/mol. The van der Waals surface area contributed by atoms with Gasteiger partial charge in [0, 0.05) is 23.1 Å². The summed E-state index contributed by atoms with van der Waals surface area (Å²) in [5.41, 5.74) is 5.05. The topological polar surface area (TPSA) is 95.8 Å². The van der Waals surface area contributed by atoms with Crippen molar-refractivity contribution < 1.29 is 4.42 Å². The molecule has 0 amide bonds. The van der Waals surface area contributed by atoms with Gasteiger partial charge in [-0.15, -0.1) is 0 Å². The zero-order chi connectivity index (χ0) is 18.8. The lowest BCUT2D eigenvalue weighted by Gasteiger charge is -2.11. The van der Waals surface area contributed by atoms with Crippen molar-refractivity contribution in [3.63, 3.8) is 0 Å². The van der Waals surface area contributed by atoms with Crippen LogP contribution in [0.4, 0.5) is 23.1 Å². The lowest BCUT2D eigenvalue weighted by atomic mass is 10.1. The first kappa shape index (κ1) is 16.8. The van der Waals surface area contributed by atoms with E-state index in [1.54, 1.807) is 18.3 Å². The molecule has 136 valence electrons. The van der Waals surface area contributed by atoms with Crippen LogP contribution in [0.3, 0.4) is 0 Å². The lowest BCUT2D eigenvalue weighted by Crippen LogP contribution is -2.03. The minimum atomic E-state index is -0.471. The van der Waals surface area contributed by atoms with Gasteiger partial charge < -0.3 is 15.1 Å². The number of H-pyrrole nitrogens is 1. The Bertz CT molecular complexity index is 1150. The first-order valence-corrected chi connectivity index (χ1v) is 8.70. The van der Waals surface area contributed by atoms with Gasteiger partial charge in [-0.1, -0.05) is 19.1 Å². The number of aromatic amines is 1. The summed E-state index contributed by atoms with van der Waals surface area (Å²) in [6.45, 7) is 4.06. The van der Waals surface area contributed by atoms with Gasteiger partial charge in [-0.2, -0.15) is 4.98 Å². The average molecular weight is 361 g/mol. The highest BCUT2D eigenvalue weighted by Gasteiger charge is 2.07. The highest BCUT2D eigenvalue weighted by molar-refractivity contribution is 5.78. The molecule has 4 aromatic rings. The second-order valence-electron chi connectivity index (χ2n) is 6.25. The maximum atomic E-state index is 11.3. The molecule has 0 radical (unpaired) electrons. The molecule has 0 spiro atoms. The van der Waals surface area contributed by atoms with E-state index in [4.69, 9.17) is 4.42 Å². The number of anilines is 4. The number of rotatable bonds is 5. The Morgan fingerprint density at radius 1 is 1.07 bits per heavy atom. The van der Waals surface area contributed by atoms with Crippen molar-refractivity contribution in [2.75, 3.05) is 10.6 Å². The third-order valence-electron chi connectivity index (χ3n) is 4.27. The number of benzene rings is 2. The number of hydrogen-bond acceptors (Lipinski definition) is 6. The van der Waals surface area contributed by atoms with Crippen molar-refractivity contribution in [3.05, 3.63) is 70.3 Å². The molecule has 3 N–H and O–H groups in total. The normalized spacial score (nSPS) is 10.9. The summed E-state index contributed by atoms with van der Waals surface area (Å²) in [5, 5.41) is 6.48. The molecule has 7 heteroatoms. The Labute approximate surface area is 155 Å². The van der Waals surface area contributed by atoms with E-state index in [0.29, 0.717) is 22.9 Å². The maximum absolute atomic E-state index is 11.3. The number of hydrogen-bond donors (Lipinski definition) is 3. The Balaban J connectivity index is 1.58. The highest BCUT2D eigenvalue weighted by atomic mass is 16.4. The van der Waals surface area contributed by atoms with E-state index in [9.17, 15) is 4.79 Å². The summed E-state index contributed by atoms with van der Waals surface area (Å²) in [7, 11) is 0. The molecular weight excluding hydrogens is 342 g/mol. The number of oxazole rings is 1. The van der Waals surface area contributed by atoms with Crippen molar-refractivity contribution in [1.29, 1.82) is 0 Å². The first-order chi connectivity index (χ1) is 13.1. The number of aromatic nitrogens is 3. The Hall–Kier alpha value is -3.61. The molecule has 0 bridgehead atoms. The van der Waals surface area contributed by atoms with Gasteiger partial charge in [-0.3, -0.25) is 4.98 Å². The molecule has 0 atom stereocenters. The fourth-order valence-corrected chi connectivity index (χ4v) is 2.75. The molecule has 0 unspecified atom stereocenters. The van der Waals surface area contributed by atoms with Crippen LogP contribution < -0.4 is 16.4 Å². The molecule has 0 aliphatic heterocycles. The predicted molar refractivity (Wildman–Crippen MR) is 106 cm³/mol. The molecule has 0 aliphatic carbocycles. The summed E-state index contributed by atoms with van der Waals surface area (Å²) < 4.78 is 5.02. The van der Waals surface area contributed by atoms with Gasteiger partial charge in [0.05, 0.1) is 5.52 Å². The van der Waals surface area contributed by atoms with Crippen LogP contribution in [-0.4, -0.2) is 15.0 Å². The van der Waals surface area contributed by atoms with E-state index < -0.39 is 5.76 Å². The van der Waals surface area contributed by atoms with Crippen LogP contribution >= 0.6 is 0 Å². The molecule has 27 heavy (non-hydrogen) atoms. The van der Waals surface area contributed by atoms with Crippen LogP contribution in [0.5, 0.6) is 0 Å². The van der Waals surface area contributed by atoms with Crippen molar-refractivity contribution in [1.82, 2.24) is 15.0 Å². The van der Waals surface area contributed by atoms with Gasteiger partial charge in [0.25, 0.3) is 0 Å². The van der Waals surface area contributed by atoms with Gasteiger partial charge in [-0.25, -0.2) is 9.78 Å². The Kier molecular flexibility index (Phi) is 4.33. The SMILES string of the molecule is CCc1ccc(Nc2ncc(C)c(Nc3ccc4oc(=O)[nH]c4c3)n2)cc1. The van der Waals surface area contributed by atoms with E-state index >= 15 is 0 Å². The molecule has 7 nitrogen and oxygen atoms in total. The minimum absolute atomic E-state index is 0.471. The van der Waals surface area contributed by atoms with Gasteiger partial charge >= 0.3 is 5.76 Å². The second kappa shape index (κ2) is 6.95. The van der Waals surface area contributed by atoms with E-state index in [-0.39, 0.29) is 0 Å². The largest absolute Gasteiger partial charge is 0.417 e. The Morgan fingerprint density at radius 2 is 1.85 bits per heavy atom. The summed E-state index contributed by atoms with van der Waals surface area (Å²) in [5.74, 6) is 0.717. The van der Waals surface area contributed by atoms with Gasteiger partial charge in [0.2, 0.25) is 5.95 Å². The molecule has 2 aromatic carbocycles. The van der Waals surface area contributed by atoms with E-state index in [1.165, 1.54) is 5.56 Å². The van der Waals surface area contributed by atoms with E-state index in [2.05, 4.69) is 44.6 Å². The average Bonchev–Trinajstić information content (AvgIpc) is 3.04. The van der Waals surface area contributed by atoms with Crippen molar-refractivity contribution in [3.8, 4) is 0 Å². The lowest BCUT2D eigenvalue weighted by molar-refractivity contribution is 0.555. The molecule has 2 heterocycles. The van der Waals surface area contributed by atoms with Gasteiger partial charge in [0.15, 0.2) is 5.58 Å². The number of nitrogens with one attached hydrogen (secondary N) is 3. The predicted octanol–water partition coefficient (Wildman–Crippen LogP) is 4.27. The number of fused-ring (bicyclic) bond motifs is 1. The van der Waals surface area contributed by atoms with Crippen LogP contribution in [-0.2, 0) is 6.42 Å². The fourth-order valence-electron chi connectivity index (χ4n) is 2.75. The summed E-state index contributed by atoms with van der Waals surface area (Å²) in [4.78, 5) is 22.9. The quantitative estimate of drug-likeness (QED) is 0.491. The first-order valence-electron chi connectivity index (χ1n) is 8.70. The Morgan fingerprint density at radius 3 is 2.63 bits per heavy atom. The molecule has 0 saturated carbocycles. The fraction of sp³-hybridized carbons (Fsp3) is 0.150. The number of nitrogens with zero attached hydrogens (tertiary/aromatic N) is 2. The molecule has 0 aliphatic rings. The zero-order valence-corrected chi connectivity index (χ0v) is 15.0. The van der Waals surface area contributed by atoms with Crippen LogP contribution in [0.25, 0.3) is 11.1 Å². The number of aryl methyl sites for hydroxylation is 2. The summed E-state index contributed by atoms with van der Waals surface area (Å²) in [6.07, 6.45) is 2.76. The van der Waals surface area contributed by atoms with Crippen molar-refractivity contribution in [2.45, 2.75) is 20.3 Å². The minimum Gasteiger partial charge on any atom is -0.408 e. The summed E-state index contributed by atoms with van der Waals surface area (Å²) >= 11 is 0. The highest BCUT2D eigenvalue weighted by Crippen LogP contribution is 2.23. The molecular formula is C20H19N5O2. The maximum Gasteiger partial charge on any atom is 0.417 e. The van der Waals surface area contributed by atoms with Crippen molar-refractivity contribution in [2.24, 2.45) is 0 Å². The molecule has 0 saturated heterocycles. The van der Waals surface area contributed by atoms with Crippen LogP contribution in [0.15, 0.2) is 57.9 Å². The third kappa shape index (κ3) is 3.67. The van der Waals surface area contributed by atoms with E-state index in [0.717, 1.165) is 23.4 Å². The molecule has 4 rings (SSSR count). The molecule has 0 fully saturated rings. The smallest absolute Gasteiger partial charge is 0.408 e. The van der Waals surface area contributed by atoms with Crippen LogP contribution in [0.1, 0.15) is 18.1 Å². The zero-order valence-electron chi connectivity index (χ0n) is 15.0. The van der Waals surface area contributed by atoms with Crippen LogP contribution in [0, 0.1) is 6.92 Å². The van der Waals surface area contributed by atoms with Gasteiger partial charge in [-0.05, 0) is 49.2 Å². The van der Waals surface area contributed by atoms with Gasteiger partial charge in [0.1, 0.15) is 5.82 Å². The second-order valence-corrected chi connectivity index (χ2v) is 6.25. The van der Waals surface area contributed by atoms with Crippen LogP contribution in [0.2, 0.25) is 0 Å². The van der Waals surface area contributed by atoms with Crippen molar-refractivity contribution >= 4 is 34.2 Å². The third-order valence-corrected chi connectivity index (χ3v) is 4.27.